The molecule has 1 unspecified atom stereocenters. The molecule has 10 nitrogen and oxygen atoms in total. The van der Waals surface area contributed by atoms with E-state index in [4.69, 9.17) is 19.6 Å². The second-order valence-corrected chi connectivity index (χ2v) is 8.28. The number of alkyl carbamates (subject to hydrolysis) is 1. The summed E-state index contributed by atoms with van der Waals surface area (Å²) in [6.45, 7) is 8.23. The number of ether oxygens (including phenoxy) is 2. The van der Waals surface area contributed by atoms with Crippen LogP contribution in [0.5, 0.6) is 0 Å². The maximum atomic E-state index is 12.8. The number of hydrogen-bond donors (Lipinski definition) is 3. The molecular formula is C19H29N3O7S. The van der Waals surface area contributed by atoms with Gasteiger partial charge in [-0.15, -0.1) is 0 Å². The number of carbonyl (C=O) groups excluding carboxylic acids is 4. The molecule has 0 aromatic carbocycles. The number of carbonyl (C=O) groups is 4. The Labute approximate surface area is 179 Å². The Balaban J connectivity index is 3.13. The van der Waals surface area contributed by atoms with Crippen molar-refractivity contribution in [3.05, 3.63) is 16.9 Å². The van der Waals surface area contributed by atoms with Crippen LogP contribution in [0.25, 0.3) is 0 Å². The van der Waals surface area contributed by atoms with Gasteiger partial charge in [0.1, 0.15) is 28.5 Å². The van der Waals surface area contributed by atoms with Crippen LogP contribution < -0.4 is 16.4 Å². The van der Waals surface area contributed by atoms with Gasteiger partial charge in [-0.25, -0.2) is 9.59 Å². The van der Waals surface area contributed by atoms with Crippen molar-refractivity contribution >= 4 is 41.5 Å². The lowest BCUT2D eigenvalue weighted by Crippen LogP contribution is -2.46. The van der Waals surface area contributed by atoms with E-state index in [1.165, 1.54) is 18.7 Å². The smallest absolute Gasteiger partial charge is 0.408 e. The molecule has 0 aliphatic carbocycles. The summed E-state index contributed by atoms with van der Waals surface area (Å²) in [6.07, 6.45) is 1.39. The SMILES string of the molecule is CCOC(=O)c1c(C)oc(NC(=O)C(CCSC)NC(=O)OC(C)(C)C)c1C(N)=O. The normalized spacial score (nSPS) is 12.1. The highest BCUT2D eigenvalue weighted by Crippen LogP contribution is 2.28. The lowest BCUT2D eigenvalue weighted by molar-refractivity contribution is -0.118. The van der Waals surface area contributed by atoms with Gasteiger partial charge in [0.2, 0.25) is 11.8 Å². The van der Waals surface area contributed by atoms with Crippen LogP contribution in [0.4, 0.5) is 10.7 Å². The molecule has 0 radical (unpaired) electrons. The number of rotatable bonds is 9. The Morgan fingerprint density at radius 1 is 1.20 bits per heavy atom. The fourth-order valence-corrected chi connectivity index (χ4v) is 2.94. The van der Waals surface area contributed by atoms with Crippen molar-refractivity contribution in [3.8, 4) is 0 Å². The van der Waals surface area contributed by atoms with Crippen LogP contribution in [-0.4, -0.2) is 54.1 Å². The third-order valence-corrected chi connectivity index (χ3v) is 4.31. The van der Waals surface area contributed by atoms with Crippen molar-refractivity contribution in [1.82, 2.24) is 5.32 Å². The van der Waals surface area contributed by atoms with Crippen LogP contribution in [0.3, 0.4) is 0 Å². The molecule has 0 fully saturated rings. The second kappa shape index (κ2) is 10.9. The lowest BCUT2D eigenvalue weighted by Gasteiger charge is -2.23. The first-order valence-corrected chi connectivity index (χ1v) is 10.7. The van der Waals surface area contributed by atoms with Gasteiger partial charge in [0.05, 0.1) is 6.61 Å². The van der Waals surface area contributed by atoms with Gasteiger partial charge in [0.15, 0.2) is 0 Å². The molecule has 11 heteroatoms. The summed E-state index contributed by atoms with van der Waals surface area (Å²) in [4.78, 5) is 49.0. The quantitative estimate of drug-likeness (QED) is 0.493. The second-order valence-electron chi connectivity index (χ2n) is 7.29. The monoisotopic (exact) mass is 443 g/mol. The Hall–Kier alpha value is -2.69. The van der Waals surface area contributed by atoms with E-state index in [0.717, 1.165) is 0 Å². The van der Waals surface area contributed by atoms with Crippen molar-refractivity contribution in [1.29, 1.82) is 0 Å². The molecule has 0 aliphatic heterocycles. The molecular weight excluding hydrogens is 414 g/mol. The number of hydrogen-bond acceptors (Lipinski definition) is 8. The molecule has 1 atom stereocenters. The number of esters is 1. The van der Waals surface area contributed by atoms with E-state index in [-0.39, 0.29) is 29.4 Å². The van der Waals surface area contributed by atoms with Gasteiger partial charge >= 0.3 is 12.1 Å². The largest absolute Gasteiger partial charge is 0.462 e. The molecule has 0 aliphatic rings. The summed E-state index contributed by atoms with van der Waals surface area (Å²) in [7, 11) is 0. The lowest BCUT2D eigenvalue weighted by atomic mass is 10.1. The Bertz CT molecular complexity index is 799. The van der Waals surface area contributed by atoms with Crippen LogP contribution >= 0.6 is 11.8 Å². The summed E-state index contributed by atoms with van der Waals surface area (Å²) < 4.78 is 15.5. The zero-order chi connectivity index (χ0) is 23.1. The molecule has 1 rings (SSSR count). The Kier molecular flexibility index (Phi) is 9.22. The molecule has 168 valence electrons. The van der Waals surface area contributed by atoms with E-state index in [9.17, 15) is 19.2 Å². The molecule has 0 spiro atoms. The average Bonchev–Trinajstić information content (AvgIpc) is 2.93. The van der Waals surface area contributed by atoms with Crippen molar-refractivity contribution in [2.45, 2.75) is 52.7 Å². The highest BCUT2D eigenvalue weighted by atomic mass is 32.2. The third-order valence-electron chi connectivity index (χ3n) is 3.67. The first-order valence-electron chi connectivity index (χ1n) is 9.30. The third kappa shape index (κ3) is 7.29. The number of aryl methyl sites for hydroxylation is 1. The highest BCUT2D eigenvalue weighted by molar-refractivity contribution is 7.98. The summed E-state index contributed by atoms with van der Waals surface area (Å²) >= 11 is 1.49. The van der Waals surface area contributed by atoms with Gasteiger partial charge in [-0.2, -0.15) is 11.8 Å². The highest BCUT2D eigenvalue weighted by Gasteiger charge is 2.31. The number of thioether (sulfide) groups is 1. The first kappa shape index (κ1) is 25.3. The van der Waals surface area contributed by atoms with Gasteiger partial charge in [-0.1, -0.05) is 0 Å². The van der Waals surface area contributed by atoms with Crippen molar-refractivity contribution in [3.63, 3.8) is 0 Å². The Morgan fingerprint density at radius 3 is 2.33 bits per heavy atom. The topological polar surface area (TPSA) is 150 Å². The maximum Gasteiger partial charge on any atom is 0.408 e. The van der Waals surface area contributed by atoms with Crippen LogP contribution in [0.1, 0.15) is 60.6 Å². The fourth-order valence-electron chi connectivity index (χ4n) is 2.47. The van der Waals surface area contributed by atoms with Gasteiger partial charge in [-0.05, 0) is 53.0 Å². The van der Waals surface area contributed by atoms with Crippen LogP contribution in [0.2, 0.25) is 0 Å². The van der Waals surface area contributed by atoms with Crippen LogP contribution in [0, 0.1) is 6.92 Å². The standard InChI is InChI=1S/C19H29N3O7S/c1-7-27-17(25)12-10(2)28-16(13(12)14(20)23)22-15(24)11(8-9-30-6)21-18(26)29-19(3,4)5/h11H,7-9H2,1-6H3,(H2,20,23)(H,21,26)(H,22,24). The summed E-state index contributed by atoms with van der Waals surface area (Å²) in [5.41, 5.74) is 4.21. The van der Waals surface area contributed by atoms with E-state index in [1.807, 2.05) is 6.26 Å². The van der Waals surface area contributed by atoms with Gasteiger partial charge < -0.3 is 24.9 Å². The number of amides is 3. The predicted molar refractivity (Wildman–Crippen MR) is 113 cm³/mol. The molecule has 0 bridgehead atoms. The first-order chi connectivity index (χ1) is 13.9. The number of anilines is 1. The zero-order valence-corrected chi connectivity index (χ0v) is 18.9. The van der Waals surface area contributed by atoms with E-state index in [0.29, 0.717) is 12.2 Å². The molecule has 0 saturated heterocycles. The maximum absolute atomic E-state index is 12.8. The minimum Gasteiger partial charge on any atom is -0.462 e. The van der Waals surface area contributed by atoms with Gasteiger partial charge in [-0.3, -0.25) is 14.9 Å². The van der Waals surface area contributed by atoms with E-state index >= 15 is 0 Å². The summed E-state index contributed by atoms with van der Waals surface area (Å²) in [5, 5.41) is 4.94. The molecule has 1 aromatic rings. The van der Waals surface area contributed by atoms with Crippen molar-refractivity contribution in [2.75, 3.05) is 23.9 Å². The molecule has 4 N–H and O–H groups in total. The fraction of sp³-hybridized carbons (Fsp3) is 0.579. The number of nitrogens with two attached hydrogens (primary N) is 1. The van der Waals surface area contributed by atoms with Gasteiger partial charge in [0, 0.05) is 0 Å². The average molecular weight is 444 g/mol. The zero-order valence-electron chi connectivity index (χ0n) is 18.0. The number of furan rings is 1. The molecule has 3 amide bonds. The minimum atomic E-state index is -0.968. The van der Waals surface area contributed by atoms with Crippen LogP contribution in [0.15, 0.2) is 4.42 Å². The van der Waals surface area contributed by atoms with Crippen LogP contribution in [-0.2, 0) is 14.3 Å². The number of nitrogens with one attached hydrogen (secondary N) is 2. The number of primary amides is 1. The van der Waals surface area contributed by atoms with Crippen molar-refractivity contribution in [2.24, 2.45) is 5.73 Å². The summed E-state index contributed by atoms with van der Waals surface area (Å²) in [6, 6.07) is -0.968. The van der Waals surface area contributed by atoms with E-state index in [2.05, 4.69) is 10.6 Å². The molecule has 1 heterocycles. The minimum absolute atomic E-state index is 0.0679. The van der Waals surface area contributed by atoms with Crippen molar-refractivity contribution < 1.29 is 33.1 Å². The Morgan fingerprint density at radius 2 is 1.83 bits per heavy atom. The van der Waals surface area contributed by atoms with E-state index < -0.39 is 35.5 Å². The van der Waals surface area contributed by atoms with Gasteiger partial charge in [0.25, 0.3) is 5.91 Å². The molecule has 0 saturated carbocycles. The summed E-state index contributed by atoms with van der Waals surface area (Å²) in [5.74, 6) is -2.06. The molecule has 1 aromatic heterocycles. The van der Waals surface area contributed by atoms with E-state index in [1.54, 1.807) is 27.7 Å². The predicted octanol–water partition coefficient (Wildman–Crippen LogP) is 2.45. The molecule has 30 heavy (non-hydrogen) atoms.